The summed E-state index contributed by atoms with van der Waals surface area (Å²) in [5, 5.41) is 12.4. The first kappa shape index (κ1) is 26.9. The summed E-state index contributed by atoms with van der Waals surface area (Å²) in [5.41, 5.74) is 1.64. The maximum absolute atomic E-state index is 12.4. The highest BCUT2D eigenvalue weighted by Gasteiger charge is 2.63. The zero-order valence-electron chi connectivity index (χ0n) is 24.8. The molecule has 0 amide bonds. The van der Waals surface area contributed by atoms with E-state index in [4.69, 9.17) is 0 Å². The van der Waals surface area contributed by atoms with Crippen LogP contribution in [0.5, 0.6) is 0 Å². The van der Waals surface area contributed by atoms with Crippen LogP contribution in [-0.2, 0) is 0 Å². The van der Waals surface area contributed by atoms with E-state index in [-0.39, 0.29) is 5.41 Å². The Hall–Kier alpha value is -0.640. The SMILES string of the molecule is C[C@@H]([C@H]1CC[C@H]2[C@@H]3CC[C@H]4C[C@@](O)(C5(C)CC=CC=C5CN(C)C)CC[C@]4(C)[C@H]3CC[C@]12C)N(C)C. The average Bonchev–Trinajstić information content (AvgIpc) is 3.17. The summed E-state index contributed by atoms with van der Waals surface area (Å²) >= 11 is 0. The molecule has 5 aliphatic rings. The highest BCUT2D eigenvalue weighted by Crippen LogP contribution is 2.69. The number of allylic oxidation sites excluding steroid dienone is 3. The Morgan fingerprint density at radius 2 is 1.64 bits per heavy atom. The molecule has 1 unspecified atom stereocenters. The van der Waals surface area contributed by atoms with Gasteiger partial charge < -0.3 is 14.9 Å². The molecular formula is C33H56N2O. The minimum Gasteiger partial charge on any atom is -0.389 e. The smallest absolute Gasteiger partial charge is 0.0744 e. The van der Waals surface area contributed by atoms with Crippen molar-refractivity contribution in [1.29, 1.82) is 0 Å². The maximum Gasteiger partial charge on any atom is 0.0744 e. The maximum atomic E-state index is 12.4. The van der Waals surface area contributed by atoms with Crippen LogP contribution in [0.1, 0.15) is 91.9 Å². The van der Waals surface area contributed by atoms with Crippen molar-refractivity contribution < 1.29 is 5.11 Å². The number of nitrogens with zero attached hydrogens (tertiary/aromatic N) is 2. The molecule has 204 valence electrons. The van der Waals surface area contributed by atoms with Gasteiger partial charge in [0.1, 0.15) is 0 Å². The highest BCUT2D eigenvalue weighted by atomic mass is 16.3. The van der Waals surface area contributed by atoms with Crippen LogP contribution in [0.25, 0.3) is 0 Å². The summed E-state index contributed by atoms with van der Waals surface area (Å²) in [6.45, 7) is 11.1. The van der Waals surface area contributed by atoms with Crippen molar-refractivity contribution in [2.24, 2.45) is 45.8 Å². The van der Waals surface area contributed by atoms with Crippen LogP contribution in [0.3, 0.4) is 0 Å². The first-order chi connectivity index (χ1) is 16.9. The third kappa shape index (κ3) is 3.92. The Morgan fingerprint density at radius 3 is 2.33 bits per heavy atom. The van der Waals surface area contributed by atoms with E-state index in [9.17, 15) is 5.11 Å². The van der Waals surface area contributed by atoms with Crippen LogP contribution in [0.2, 0.25) is 0 Å². The number of fused-ring (bicyclic) bond motifs is 5. The summed E-state index contributed by atoms with van der Waals surface area (Å²) in [5.74, 6) is 4.21. The number of aliphatic hydroxyl groups is 1. The van der Waals surface area contributed by atoms with Gasteiger partial charge in [-0.2, -0.15) is 0 Å². The molecule has 0 heterocycles. The van der Waals surface area contributed by atoms with Gasteiger partial charge in [-0.15, -0.1) is 0 Å². The lowest BCUT2D eigenvalue weighted by molar-refractivity contribution is -0.178. The minimum absolute atomic E-state index is 0.143. The Labute approximate surface area is 222 Å². The molecule has 0 spiro atoms. The molecule has 36 heavy (non-hydrogen) atoms. The van der Waals surface area contributed by atoms with E-state index in [2.05, 4.69) is 83.9 Å². The third-order valence-corrected chi connectivity index (χ3v) is 13.4. The molecular weight excluding hydrogens is 440 g/mol. The highest BCUT2D eigenvalue weighted by molar-refractivity contribution is 5.32. The standard InChI is InChI=1S/C33H56N2O/c1-23(35(7)8)27-14-15-28-26-13-12-24-21-33(36,32(4)17-10-9-11-25(32)22-34(5)6)20-19-30(24,2)29(26)16-18-31(27,28)3/h9-11,23-24,26-29,36H,12-22H2,1-8H3/t23-,24-,26-,27+,28-,29-,30-,31+,32?,33+/m0/s1. The van der Waals surface area contributed by atoms with Crippen molar-refractivity contribution in [2.75, 3.05) is 34.7 Å². The van der Waals surface area contributed by atoms with Gasteiger partial charge in [0, 0.05) is 18.0 Å². The van der Waals surface area contributed by atoms with E-state index in [1.807, 2.05) is 0 Å². The van der Waals surface area contributed by atoms with Crippen molar-refractivity contribution in [2.45, 2.75) is 104 Å². The molecule has 0 aromatic heterocycles. The topological polar surface area (TPSA) is 26.7 Å². The second-order valence-electron chi connectivity index (χ2n) is 15.2. The fraction of sp³-hybridized carbons (Fsp3) is 0.879. The first-order valence-electron chi connectivity index (χ1n) is 15.3. The molecule has 10 atom stereocenters. The summed E-state index contributed by atoms with van der Waals surface area (Å²) in [6, 6.07) is 0.683. The van der Waals surface area contributed by atoms with Crippen LogP contribution in [0.15, 0.2) is 23.8 Å². The van der Waals surface area contributed by atoms with Crippen LogP contribution >= 0.6 is 0 Å². The number of likely N-dealkylation sites (N-methyl/N-ethyl adjacent to an activating group) is 1. The largest absolute Gasteiger partial charge is 0.389 e. The fourth-order valence-electron chi connectivity index (χ4n) is 10.8. The minimum atomic E-state index is -0.584. The van der Waals surface area contributed by atoms with Crippen LogP contribution < -0.4 is 0 Å². The van der Waals surface area contributed by atoms with Gasteiger partial charge in [-0.25, -0.2) is 0 Å². The van der Waals surface area contributed by atoms with Crippen LogP contribution in [0.4, 0.5) is 0 Å². The van der Waals surface area contributed by atoms with E-state index in [1.165, 1.54) is 50.5 Å². The van der Waals surface area contributed by atoms with Gasteiger partial charge in [0.15, 0.2) is 0 Å². The van der Waals surface area contributed by atoms with Gasteiger partial charge in [-0.05, 0) is 145 Å². The lowest BCUT2D eigenvalue weighted by Crippen LogP contribution is -2.60. The van der Waals surface area contributed by atoms with Gasteiger partial charge in [0.2, 0.25) is 0 Å². The molecule has 0 aliphatic heterocycles. The van der Waals surface area contributed by atoms with E-state index in [1.54, 1.807) is 0 Å². The Kier molecular flexibility index (Phi) is 6.91. The van der Waals surface area contributed by atoms with Crippen LogP contribution in [0, 0.1) is 45.8 Å². The molecule has 0 saturated heterocycles. The van der Waals surface area contributed by atoms with Gasteiger partial charge in [0.05, 0.1) is 5.60 Å². The quantitative estimate of drug-likeness (QED) is 0.454. The lowest BCUT2D eigenvalue weighted by atomic mass is 9.42. The van der Waals surface area contributed by atoms with Crippen LogP contribution in [-0.4, -0.2) is 61.3 Å². The molecule has 5 aliphatic carbocycles. The van der Waals surface area contributed by atoms with Crippen molar-refractivity contribution in [1.82, 2.24) is 9.80 Å². The third-order valence-electron chi connectivity index (χ3n) is 13.4. The number of hydrogen-bond donors (Lipinski definition) is 1. The van der Waals surface area contributed by atoms with E-state index in [0.29, 0.717) is 22.8 Å². The molecule has 3 heteroatoms. The summed E-state index contributed by atoms with van der Waals surface area (Å²) in [4.78, 5) is 4.75. The number of hydrogen-bond acceptors (Lipinski definition) is 3. The predicted molar refractivity (Wildman–Crippen MR) is 152 cm³/mol. The van der Waals surface area contributed by atoms with Crippen molar-refractivity contribution in [3.05, 3.63) is 23.8 Å². The lowest BCUT2D eigenvalue weighted by Gasteiger charge is -2.64. The fourth-order valence-corrected chi connectivity index (χ4v) is 10.8. The van der Waals surface area contributed by atoms with Gasteiger partial charge in [-0.1, -0.05) is 39.0 Å². The summed E-state index contributed by atoms with van der Waals surface area (Å²) in [6.07, 6.45) is 19.4. The van der Waals surface area contributed by atoms with Crippen molar-refractivity contribution in [3.63, 3.8) is 0 Å². The molecule has 0 radical (unpaired) electrons. The summed E-state index contributed by atoms with van der Waals surface area (Å²) < 4.78 is 0. The monoisotopic (exact) mass is 496 g/mol. The zero-order chi connectivity index (χ0) is 26.1. The molecule has 0 bridgehead atoms. The average molecular weight is 497 g/mol. The molecule has 1 N–H and O–H groups in total. The Bertz CT molecular complexity index is 892. The zero-order valence-corrected chi connectivity index (χ0v) is 24.8. The van der Waals surface area contributed by atoms with Gasteiger partial charge in [-0.3, -0.25) is 0 Å². The predicted octanol–water partition coefficient (Wildman–Crippen LogP) is 6.78. The molecule has 4 saturated carbocycles. The second kappa shape index (κ2) is 9.23. The molecule has 0 aromatic rings. The van der Waals surface area contributed by atoms with E-state index >= 15 is 0 Å². The molecule has 0 aromatic carbocycles. The Balaban J connectivity index is 1.36. The second-order valence-corrected chi connectivity index (χ2v) is 15.2. The van der Waals surface area contributed by atoms with Gasteiger partial charge in [0.25, 0.3) is 0 Å². The normalized spacial score (nSPS) is 49.4. The van der Waals surface area contributed by atoms with Crippen molar-refractivity contribution in [3.8, 4) is 0 Å². The molecule has 5 rings (SSSR count). The first-order valence-corrected chi connectivity index (χ1v) is 15.3. The number of rotatable bonds is 5. The summed E-state index contributed by atoms with van der Waals surface area (Å²) in [7, 11) is 8.88. The van der Waals surface area contributed by atoms with E-state index in [0.717, 1.165) is 49.5 Å². The van der Waals surface area contributed by atoms with Gasteiger partial charge >= 0.3 is 0 Å². The Morgan fingerprint density at radius 1 is 0.917 bits per heavy atom. The van der Waals surface area contributed by atoms with Crippen molar-refractivity contribution >= 4 is 0 Å². The van der Waals surface area contributed by atoms with E-state index < -0.39 is 5.60 Å². The molecule has 4 fully saturated rings. The molecule has 3 nitrogen and oxygen atoms in total.